The molecule has 0 saturated carbocycles. The smallest absolute Gasteiger partial charge is 0.337 e. The quantitative estimate of drug-likeness (QED) is 0.720. The minimum atomic E-state index is -1.18. The number of carbonyl (C=O) groups excluding carboxylic acids is 1. The van der Waals surface area contributed by atoms with E-state index in [-0.39, 0.29) is 11.3 Å². The van der Waals surface area contributed by atoms with E-state index >= 15 is 0 Å². The van der Waals surface area contributed by atoms with Gasteiger partial charge in [-0.2, -0.15) is 0 Å². The molecule has 2 rings (SSSR count). The Hall–Kier alpha value is -2.05. The number of nitrogens with one attached hydrogen (secondary N) is 1. The van der Waals surface area contributed by atoms with E-state index in [1.54, 1.807) is 12.1 Å². The molecule has 5 nitrogen and oxygen atoms in total. The third kappa shape index (κ3) is 3.53. The van der Waals surface area contributed by atoms with Crippen molar-refractivity contribution in [1.82, 2.24) is 0 Å². The molecular weight excluding hydrogens is 360 g/mol. The molecule has 1 amide bonds. The Bertz CT molecular complexity index is 734. The van der Waals surface area contributed by atoms with Gasteiger partial charge in [-0.1, -0.05) is 11.6 Å². The van der Waals surface area contributed by atoms with Gasteiger partial charge in [-0.15, -0.1) is 0 Å². The van der Waals surface area contributed by atoms with Crippen molar-refractivity contribution in [2.24, 2.45) is 0 Å². The van der Waals surface area contributed by atoms with Crippen LogP contribution in [0.4, 0.5) is 11.4 Å². The summed E-state index contributed by atoms with van der Waals surface area (Å²) in [5.74, 6) is -1.65. The first-order valence-electron chi connectivity index (χ1n) is 5.77. The summed E-state index contributed by atoms with van der Waals surface area (Å²) in [7, 11) is 0. The van der Waals surface area contributed by atoms with E-state index in [0.717, 1.165) is 0 Å². The van der Waals surface area contributed by atoms with Crippen LogP contribution in [0.15, 0.2) is 40.9 Å². The number of anilines is 2. The number of rotatable bonds is 3. The number of amides is 1. The van der Waals surface area contributed by atoms with E-state index in [1.807, 2.05) is 0 Å². The first-order chi connectivity index (χ1) is 9.88. The number of halogens is 2. The zero-order valence-electron chi connectivity index (χ0n) is 10.6. The first kappa shape index (κ1) is 15.3. The summed E-state index contributed by atoms with van der Waals surface area (Å²) in [5, 5.41) is 12.1. The molecule has 0 heterocycles. The van der Waals surface area contributed by atoms with Crippen molar-refractivity contribution >= 4 is 50.8 Å². The Kier molecular flexibility index (Phi) is 4.50. The van der Waals surface area contributed by atoms with Crippen LogP contribution in [-0.2, 0) is 0 Å². The molecule has 108 valence electrons. The minimum absolute atomic E-state index is 0.0819. The van der Waals surface area contributed by atoms with Crippen molar-refractivity contribution in [3.8, 4) is 0 Å². The van der Waals surface area contributed by atoms with Crippen LogP contribution >= 0.6 is 27.5 Å². The molecule has 7 heteroatoms. The van der Waals surface area contributed by atoms with Crippen LogP contribution in [0, 0.1) is 0 Å². The number of carboxylic acids is 1. The fourth-order valence-electron chi connectivity index (χ4n) is 1.71. The first-order valence-corrected chi connectivity index (χ1v) is 6.95. The highest BCUT2D eigenvalue weighted by molar-refractivity contribution is 9.10. The van der Waals surface area contributed by atoms with Crippen molar-refractivity contribution < 1.29 is 14.7 Å². The maximum atomic E-state index is 12.2. The third-order valence-electron chi connectivity index (χ3n) is 2.70. The summed E-state index contributed by atoms with van der Waals surface area (Å²) in [6.07, 6.45) is 0. The van der Waals surface area contributed by atoms with E-state index in [2.05, 4.69) is 21.2 Å². The number of carboxylic acid groups (broad SMARTS) is 1. The van der Waals surface area contributed by atoms with Gasteiger partial charge in [0.2, 0.25) is 0 Å². The van der Waals surface area contributed by atoms with Crippen LogP contribution in [0.2, 0.25) is 5.02 Å². The molecule has 0 unspecified atom stereocenters. The molecule has 0 radical (unpaired) electrons. The Morgan fingerprint density at radius 1 is 1.14 bits per heavy atom. The highest BCUT2D eigenvalue weighted by Crippen LogP contribution is 2.24. The van der Waals surface area contributed by atoms with Crippen LogP contribution in [0.5, 0.6) is 0 Å². The van der Waals surface area contributed by atoms with Gasteiger partial charge >= 0.3 is 5.97 Å². The number of carbonyl (C=O) groups is 2. The number of nitrogen functional groups attached to an aromatic ring is 1. The van der Waals surface area contributed by atoms with Crippen LogP contribution in [0.3, 0.4) is 0 Å². The van der Waals surface area contributed by atoms with E-state index in [0.29, 0.717) is 20.7 Å². The van der Waals surface area contributed by atoms with Crippen LogP contribution in [0.25, 0.3) is 0 Å². The Morgan fingerprint density at radius 2 is 1.86 bits per heavy atom. The third-order valence-corrected chi connectivity index (χ3v) is 3.62. The van der Waals surface area contributed by atoms with Gasteiger partial charge in [0, 0.05) is 15.2 Å². The fourth-order valence-corrected chi connectivity index (χ4v) is 2.31. The van der Waals surface area contributed by atoms with Crippen LogP contribution < -0.4 is 11.1 Å². The molecule has 0 aromatic heterocycles. The minimum Gasteiger partial charge on any atom is -0.478 e. The van der Waals surface area contributed by atoms with Gasteiger partial charge in [0.25, 0.3) is 5.91 Å². The Balaban J connectivity index is 2.36. The maximum absolute atomic E-state index is 12.2. The lowest BCUT2D eigenvalue weighted by Gasteiger charge is -2.10. The summed E-state index contributed by atoms with van der Waals surface area (Å²) >= 11 is 9.10. The molecule has 2 aromatic carbocycles. The topological polar surface area (TPSA) is 92.4 Å². The van der Waals surface area contributed by atoms with E-state index < -0.39 is 11.9 Å². The largest absolute Gasteiger partial charge is 0.478 e. The van der Waals surface area contributed by atoms with Gasteiger partial charge in [-0.05, 0) is 52.3 Å². The standard InChI is InChI=1S/C14H10BrClN2O3/c15-11-3-1-7(16)5-9(11)13(19)18-12-4-2-8(17)6-10(12)14(20)21/h1-6H,17H2,(H,18,19)(H,20,21). The zero-order valence-corrected chi connectivity index (χ0v) is 12.9. The number of nitrogens with two attached hydrogens (primary N) is 1. The second-order valence-corrected chi connectivity index (χ2v) is 5.48. The Labute approximate surface area is 133 Å². The van der Waals surface area contributed by atoms with E-state index in [9.17, 15) is 9.59 Å². The summed E-state index contributed by atoms with van der Waals surface area (Å²) in [6, 6.07) is 8.99. The molecule has 0 spiro atoms. The van der Waals surface area contributed by atoms with E-state index in [4.69, 9.17) is 22.4 Å². The molecule has 0 atom stereocenters. The molecule has 0 aliphatic heterocycles. The van der Waals surface area contributed by atoms with Crippen molar-refractivity contribution in [1.29, 1.82) is 0 Å². The van der Waals surface area contributed by atoms with Crippen molar-refractivity contribution in [2.75, 3.05) is 11.1 Å². The lowest BCUT2D eigenvalue weighted by molar-refractivity contribution is 0.0698. The summed E-state index contributed by atoms with van der Waals surface area (Å²) in [5.41, 5.74) is 6.23. The van der Waals surface area contributed by atoms with Crippen LogP contribution in [0.1, 0.15) is 20.7 Å². The average Bonchev–Trinajstić information content (AvgIpc) is 2.43. The fraction of sp³-hybridized carbons (Fsp3) is 0. The highest BCUT2D eigenvalue weighted by Gasteiger charge is 2.16. The molecule has 0 bridgehead atoms. The van der Waals surface area contributed by atoms with Crippen molar-refractivity contribution in [3.63, 3.8) is 0 Å². The Morgan fingerprint density at radius 3 is 2.52 bits per heavy atom. The number of hydrogen-bond donors (Lipinski definition) is 3. The second-order valence-electron chi connectivity index (χ2n) is 4.19. The number of benzene rings is 2. The maximum Gasteiger partial charge on any atom is 0.337 e. The summed E-state index contributed by atoms with van der Waals surface area (Å²) < 4.78 is 0.553. The van der Waals surface area contributed by atoms with Crippen molar-refractivity contribution in [3.05, 3.63) is 57.0 Å². The number of aromatic carboxylic acids is 1. The molecule has 0 fully saturated rings. The molecule has 21 heavy (non-hydrogen) atoms. The molecule has 0 aliphatic carbocycles. The van der Waals surface area contributed by atoms with Gasteiger partial charge in [0.1, 0.15) is 0 Å². The molecule has 4 N–H and O–H groups in total. The zero-order chi connectivity index (χ0) is 15.6. The lowest BCUT2D eigenvalue weighted by Crippen LogP contribution is -2.15. The predicted octanol–water partition coefficient (Wildman–Crippen LogP) is 3.64. The molecule has 2 aromatic rings. The number of hydrogen-bond acceptors (Lipinski definition) is 3. The summed E-state index contributed by atoms with van der Waals surface area (Å²) in [4.78, 5) is 23.4. The second kappa shape index (κ2) is 6.15. The van der Waals surface area contributed by atoms with Gasteiger partial charge in [0.15, 0.2) is 0 Å². The summed E-state index contributed by atoms with van der Waals surface area (Å²) in [6.45, 7) is 0. The normalized spacial score (nSPS) is 10.2. The van der Waals surface area contributed by atoms with Crippen LogP contribution in [-0.4, -0.2) is 17.0 Å². The van der Waals surface area contributed by atoms with E-state index in [1.165, 1.54) is 24.3 Å². The lowest BCUT2D eigenvalue weighted by atomic mass is 10.1. The van der Waals surface area contributed by atoms with Gasteiger partial charge in [0.05, 0.1) is 16.8 Å². The van der Waals surface area contributed by atoms with Gasteiger partial charge < -0.3 is 16.2 Å². The average molecular weight is 370 g/mol. The predicted molar refractivity (Wildman–Crippen MR) is 84.9 cm³/mol. The highest BCUT2D eigenvalue weighted by atomic mass is 79.9. The molecular formula is C14H10BrClN2O3. The SMILES string of the molecule is Nc1ccc(NC(=O)c2cc(Cl)ccc2Br)c(C(=O)O)c1. The van der Waals surface area contributed by atoms with Crippen molar-refractivity contribution in [2.45, 2.75) is 0 Å². The monoisotopic (exact) mass is 368 g/mol. The molecule has 0 saturated heterocycles. The van der Waals surface area contributed by atoms with Gasteiger partial charge in [-0.3, -0.25) is 4.79 Å². The molecule has 0 aliphatic rings. The van der Waals surface area contributed by atoms with Gasteiger partial charge in [-0.25, -0.2) is 4.79 Å².